The van der Waals surface area contributed by atoms with Crippen LogP contribution in [0.3, 0.4) is 0 Å². The molecule has 1 aromatic heterocycles. The van der Waals surface area contributed by atoms with Gasteiger partial charge >= 0.3 is 5.97 Å². The summed E-state index contributed by atoms with van der Waals surface area (Å²) in [4.78, 5) is 24.9. The van der Waals surface area contributed by atoms with Gasteiger partial charge in [0, 0.05) is 21.7 Å². The third-order valence-electron chi connectivity index (χ3n) is 3.52. The Morgan fingerprint density at radius 3 is 2.69 bits per heavy atom. The van der Waals surface area contributed by atoms with Gasteiger partial charge in [-0.05, 0) is 23.6 Å². The Bertz CT molecular complexity index is 921. The van der Waals surface area contributed by atoms with Crippen LogP contribution in [-0.2, 0) is 20.1 Å². The Hall–Kier alpha value is -2.02. The molecule has 134 valence electrons. The molecule has 0 radical (unpaired) electrons. The zero-order valence-electron chi connectivity index (χ0n) is 13.7. The summed E-state index contributed by atoms with van der Waals surface area (Å²) in [5.41, 5.74) is 0.702. The van der Waals surface area contributed by atoms with E-state index in [1.807, 2.05) is 54.6 Å². The molecule has 1 N–H and O–H groups in total. The number of benzene rings is 2. The predicted octanol–water partition coefficient (Wildman–Crippen LogP) is 4.97. The maximum absolute atomic E-state index is 12.1. The van der Waals surface area contributed by atoms with Crippen LogP contribution in [0.4, 0.5) is 5.69 Å². The van der Waals surface area contributed by atoms with Crippen molar-refractivity contribution >= 4 is 63.0 Å². The number of fused-ring (bicyclic) bond motifs is 1. The van der Waals surface area contributed by atoms with Gasteiger partial charge in [-0.25, -0.2) is 0 Å². The molecule has 0 fully saturated rings. The van der Waals surface area contributed by atoms with Crippen molar-refractivity contribution < 1.29 is 14.3 Å². The van der Waals surface area contributed by atoms with Gasteiger partial charge in [-0.1, -0.05) is 48.0 Å². The number of thiophene rings is 1. The first kappa shape index (κ1) is 18.8. The molecule has 0 aliphatic rings. The van der Waals surface area contributed by atoms with E-state index in [-0.39, 0.29) is 18.3 Å². The molecule has 0 spiro atoms. The molecule has 0 aliphatic heterocycles. The van der Waals surface area contributed by atoms with Gasteiger partial charge in [-0.3, -0.25) is 9.59 Å². The summed E-state index contributed by atoms with van der Waals surface area (Å²) >= 11 is 8.78. The largest absolute Gasteiger partial charge is 0.455 e. The molecule has 0 saturated carbocycles. The second kappa shape index (κ2) is 9.07. The Balaban J connectivity index is 1.44. The number of hydrogen-bond acceptors (Lipinski definition) is 5. The summed E-state index contributed by atoms with van der Waals surface area (Å²) in [6.45, 7) is -0.298. The first-order chi connectivity index (χ1) is 12.6. The Kier molecular flexibility index (Phi) is 6.55. The number of hydrogen-bond donors (Lipinski definition) is 1. The third kappa shape index (κ3) is 5.24. The first-order valence-corrected chi connectivity index (χ1v) is 10.2. The van der Waals surface area contributed by atoms with E-state index in [1.165, 1.54) is 23.1 Å². The summed E-state index contributed by atoms with van der Waals surface area (Å²) < 4.78 is 5.77. The summed E-state index contributed by atoms with van der Waals surface area (Å²) in [6.07, 6.45) is 0. The van der Waals surface area contributed by atoms with Crippen LogP contribution >= 0.6 is 34.7 Å². The fourth-order valence-electron chi connectivity index (χ4n) is 2.37. The smallest absolute Gasteiger partial charge is 0.316 e. The van der Waals surface area contributed by atoms with Gasteiger partial charge in [-0.2, -0.15) is 0 Å². The quantitative estimate of drug-likeness (QED) is 0.564. The summed E-state index contributed by atoms with van der Waals surface area (Å²) in [5.74, 6) is 0.113. The molecule has 2 aromatic carbocycles. The van der Waals surface area contributed by atoms with E-state index in [1.54, 1.807) is 0 Å². The van der Waals surface area contributed by atoms with E-state index in [9.17, 15) is 9.59 Å². The van der Waals surface area contributed by atoms with Gasteiger partial charge in [0.05, 0.1) is 10.1 Å². The van der Waals surface area contributed by atoms with E-state index in [0.29, 0.717) is 11.4 Å². The fourth-order valence-corrected chi connectivity index (χ4v) is 4.39. The number of nitrogens with one attached hydrogen (secondary N) is 1. The highest BCUT2D eigenvalue weighted by atomic mass is 35.5. The van der Waals surface area contributed by atoms with Crippen molar-refractivity contribution in [2.75, 3.05) is 17.7 Å². The number of halogens is 1. The molecule has 1 amide bonds. The van der Waals surface area contributed by atoms with E-state index in [0.717, 1.165) is 20.0 Å². The van der Waals surface area contributed by atoms with Crippen LogP contribution in [0.1, 0.15) is 4.88 Å². The van der Waals surface area contributed by atoms with Crippen LogP contribution in [0.15, 0.2) is 54.6 Å². The minimum Gasteiger partial charge on any atom is -0.455 e. The van der Waals surface area contributed by atoms with Crippen molar-refractivity contribution in [1.29, 1.82) is 0 Å². The monoisotopic (exact) mass is 405 g/mol. The molecule has 7 heteroatoms. The number of carbonyl (C=O) groups excluding carboxylic acids is 2. The van der Waals surface area contributed by atoms with Crippen LogP contribution in [0, 0.1) is 0 Å². The maximum Gasteiger partial charge on any atom is 0.316 e. The number of thioether (sulfide) groups is 1. The highest BCUT2D eigenvalue weighted by Gasteiger charge is 2.10. The molecule has 0 saturated heterocycles. The summed E-state index contributed by atoms with van der Waals surface area (Å²) in [7, 11) is 0. The molecule has 26 heavy (non-hydrogen) atoms. The van der Waals surface area contributed by atoms with Gasteiger partial charge in [0.15, 0.2) is 6.61 Å². The molecule has 0 aliphatic carbocycles. The number of rotatable bonds is 7. The second-order valence-corrected chi connectivity index (χ2v) is 8.22. The van der Waals surface area contributed by atoms with Crippen molar-refractivity contribution in [1.82, 2.24) is 0 Å². The molecular formula is C19H16ClNO3S2. The van der Waals surface area contributed by atoms with Gasteiger partial charge in [-0.15, -0.1) is 23.1 Å². The molecule has 1 heterocycles. The van der Waals surface area contributed by atoms with Crippen molar-refractivity contribution in [3.63, 3.8) is 0 Å². The first-order valence-electron chi connectivity index (χ1n) is 7.87. The molecular weight excluding hydrogens is 390 g/mol. The molecule has 0 unspecified atom stereocenters. The molecule has 0 bridgehead atoms. The van der Waals surface area contributed by atoms with Crippen molar-refractivity contribution in [3.05, 3.63) is 63.8 Å². The lowest BCUT2D eigenvalue weighted by Gasteiger charge is -2.09. The van der Waals surface area contributed by atoms with Crippen molar-refractivity contribution in [2.24, 2.45) is 0 Å². The highest BCUT2D eigenvalue weighted by molar-refractivity contribution is 7.99. The topological polar surface area (TPSA) is 55.4 Å². The number of anilines is 1. The second-order valence-electron chi connectivity index (χ2n) is 5.43. The lowest BCUT2D eigenvalue weighted by molar-refractivity contribution is -0.144. The standard InChI is InChI=1S/C19H16ClNO3S2/c20-17-9-8-14(26-17)11-25-12-19(23)24-10-18(22)21-16-7-3-5-13-4-1-2-6-15(13)16/h1-9H,10-12H2,(H,21,22). The van der Waals surface area contributed by atoms with E-state index in [2.05, 4.69) is 5.32 Å². The zero-order valence-corrected chi connectivity index (χ0v) is 16.1. The van der Waals surface area contributed by atoms with Crippen LogP contribution in [-0.4, -0.2) is 24.2 Å². The number of carbonyl (C=O) groups is 2. The SMILES string of the molecule is O=C(COC(=O)CSCc1ccc(Cl)s1)Nc1cccc2ccccc12. The maximum atomic E-state index is 12.1. The van der Waals surface area contributed by atoms with Crippen molar-refractivity contribution in [2.45, 2.75) is 5.75 Å². The van der Waals surface area contributed by atoms with E-state index in [4.69, 9.17) is 16.3 Å². The molecule has 0 atom stereocenters. The minimum absolute atomic E-state index is 0.192. The number of ether oxygens (including phenoxy) is 1. The van der Waals surface area contributed by atoms with Crippen LogP contribution in [0.2, 0.25) is 4.34 Å². The van der Waals surface area contributed by atoms with Gasteiger partial charge in [0.1, 0.15) is 0 Å². The van der Waals surface area contributed by atoms with Crippen LogP contribution in [0.5, 0.6) is 0 Å². The Labute approximate surface area is 164 Å². The molecule has 4 nitrogen and oxygen atoms in total. The Morgan fingerprint density at radius 1 is 1.08 bits per heavy atom. The van der Waals surface area contributed by atoms with Gasteiger partial charge in [0.25, 0.3) is 5.91 Å². The van der Waals surface area contributed by atoms with Crippen LogP contribution in [0.25, 0.3) is 10.8 Å². The fraction of sp³-hybridized carbons (Fsp3) is 0.158. The number of amides is 1. The number of esters is 1. The lowest BCUT2D eigenvalue weighted by atomic mass is 10.1. The minimum atomic E-state index is -0.411. The molecule has 3 aromatic rings. The van der Waals surface area contributed by atoms with Gasteiger partial charge < -0.3 is 10.1 Å². The lowest BCUT2D eigenvalue weighted by Crippen LogP contribution is -2.21. The summed E-state index contributed by atoms with van der Waals surface area (Å²) in [6, 6.07) is 17.2. The third-order valence-corrected chi connectivity index (χ3v) is 5.89. The van der Waals surface area contributed by atoms with Crippen LogP contribution < -0.4 is 5.32 Å². The van der Waals surface area contributed by atoms with E-state index >= 15 is 0 Å². The van der Waals surface area contributed by atoms with Gasteiger partial charge in [0.2, 0.25) is 0 Å². The zero-order chi connectivity index (χ0) is 18.4. The average molecular weight is 406 g/mol. The Morgan fingerprint density at radius 2 is 1.88 bits per heavy atom. The predicted molar refractivity (Wildman–Crippen MR) is 109 cm³/mol. The average Bonchev–Trinajstić information content (AvgIpc) is 3.05. The van der Waals surface area contributed by atoms with Crippen molar-refractivity contribution in [3.8, 4) is 0 Å². The normalized spacial score (nSPS) is 10.7. The summed E-state index contributed by atoms with van der Waals surface area (Å²) in [5, 5.41) is 4.77. The highest BCUT2D eigenvalue weighted by Crippen LogP contribution is 2.25. The van der Waals surface area contributed by atoms with E-state index < -0.39 is 5.97 Å². The molecule has 3 rings (SSSR count).